The van der Waals surface area contributed by atoms with Crippen LogP contribution in [0.5, 0.6) is 0 Å². The summed E-state index contributed by atoms with van der Waals surface area (Å²) in [5.74, 6) is 0. The van der Waals surface area contributed by atoms with Crippen molar-refractivity contribution in [3.05, 3.63) is 22.4 Å². The Morgan fingerprint density at radius 3 is 2.70 bits per heavy atom. The summed E-state index contributed by atoms with van der Waals surface area (Å²) in [6.45, 7) is 0. The first-order chi connectivity index (χ1) is 4.75. The van der Waals surface area contributed by atoms with Crippen LogP contribution < -0.4 is 0 Å². The second-order valence-corrected chi connectivity index (χ2v) is 3.20. The van der Waals surface area contributed by atoms with Gasteiger partial charge in [-0.3, -0.25) is 0 Å². The van der Waals surface area contributed by atoms with Gasteiger partial charge >= 0.3 is 0 Å². The lowest BCUT2D eigenvalue weighted by molar-refractivity contribution is 1.26. The van der Waals surface area contributed by atoms with Gasteiger partial charge in [-0.15, -0.1) is 11.8 Å². The number of thioether (sulfide) groups is 1. The maximum Gasteiger partial charge on any atom is 0.148 e. The van der Waals surface area contributed by atoms with E-state index in [0.29, 0.717) is 10.2 Å². The fourth-order valence-corrected chi connectivity index (χ4v) is 1.59. The quantitative estimate of drug-likeness (QED) is 0.503. The summed E-state index contributed by atoms with van der Waals surface area (Å²) in [7, 11) is 0. The minimum absolute atomic E-state index is 0.369. The summed E-state index contributed by atoms with van der Waals surface area (Å²) in [6, 6.07) is 1.83. The Morgan fingerprint density at radius 1 is 1.50 bits per heavy atom. The first-order valence-corrected chi connectivity index (χ1v) is 4.57. The first-order valence-electron chi connectivity index (χ1n) is 2.59. The number of nitrogens with zero attached hydrogens (tertiary/aromatic N) is 1. The Balaban J connectivity index is 3.14. The van der Waals surface area contributed by atoms with Crippen LogP contribution in [0.4, 0.5) is 0 Å². The van der Waals surface area contributed by atoms with E-state index in [9.17, 15) is 0 Å². The van der Waals surface area contributed by atoms with Gasteiger partial charge in [0.15, 0.2) is 0 Å². The fraction of sp³-hybridized carbons (Fsp3) is 0.167. The van der Waals surface area contributed by atoms with Gasteiger partial charge < -0.3 is 0 Å². The third kappa shape index (κ3) is 1.57. The van der Waals surface area contributed by atoms with E-state index in [1.807, 2.05) is 12.3 Å². The predicted molar refractivity (Wildman–Crippen MR) is 46.0 cm³/mol. The van der Waals surface area contributed by atoms with Crippen LogP contribution in [0.1, 0.15) is 0 Å². The van der Waals surface area contributed by atoms with Crippen molar-refractivity contribution in [2.45, 2.75) is 4.90 Å². The second-order valence-electron chi connectivity index (χ2n) is 1.62. The summed E-state index contributed by atoms with van der Waals surface area (Å²) >= 11 is 13.0. The molecular formula is C6H5Cl2NS. The maximum atomic E-state index is 5.78. The molecule has 0 aliphatic heterocycles. The summed E-state index contributed by atoms with van der Waals surface area (Å²) in [4.78, 5) is 4.77. The van der Waals surface area contributed by atoms with Gasteiger partial charge in [0.25, 0.3) is 0 Å². The normalized spacial score (nSPS) is 9.90. The molecule has 54 valence electrons. The van der Waals surface area contributed by atoms with Crippen LogP contribution in [0.25, 0.3) is 0 Å². The van der Waals surface area contributed by atoms with Gasteiger partial charge in [0, 0.05) is 11.1 Å². The van der Waals surface area contributed by atoms with E-state index in [2.05, 4.69) is 4.98 Å². The molecule has 0 amide bonds. The van der Waals surface area contributed by atoms with Crippen molar-refractivity contribution in [3.63, 3.8) is 0 Å². The molecule has 0 saturated carbocycles. The Kier molecular flexibility index (Phi) is 2.83. The molecule has 0 bridgehead atoms. The van der Waals surface area contributed by atoms with E-state index in [1.165, 1.54) is 0 Å². The third-order valence-electron chi connectivity index (χ3n) is 1.03. The monoisotopic (exact) mass is 193 g/mol. The number of rotatable bonds is 1. The minimum atomic E-state index is 0.369. The predicted octanol–water partition coefficient (Wildman–Crippen LogP) is 3.11. The lowest BCUT2D eigenvalue weighted by Gasteiger charge is -1.98. The highest BCUT2D eigenvalue weighted by Crippen LogP contribution is 2.29. The van der Waals surface area contributed by atoms with Crippen LogP contribution in [0.2, 0.25) is 10.2 Å². The SMILES string of the molecule is CSc1ccnc(Cl)c1Cl. The van der Waals surface area contributed by atoms with E-state index >= 15 is 0 Å². The van der Waals surface area contributed by atoms with Crippen molar-refractivity contribution in [1.29, 1.82) is 0 Å². The van der Waals surface area contributed by atoms with Crippen LogP contribution >= 0.6 is 35.0 Å². The highest BCUT2D eigenvalue weighted by Gasteiger charge is 2.02. The lowest BCUT2D eigenvalue weighted by atomic mass is 10.5. The molecule has 10 heavy (non-hydrogen) atoms. The van der Waals surface area contributed by atoms with Crippen LogP contribution in [0.15, 0.2) is 17.2 Å². The summed E-state index contributed by atoms with van der Waals surface area (Å²) in [5.41, 5.74) is 0. The van der Waals surface area contributed by atoms with Crippen LogP contribution in [0.3, 0.4) is 0 Å². The largest absolute Gasteiger partial charge is 0.243 e. The van der Waals surface area contributed by atoms with Gasteiger partial charge in [-0.25, -0.2) is 4.98 Å². The molecule has 0 aliphatic rings. The van der Waals surface area contributed by atoms with Gasteiger partial charge in [-0.2, -0.15) is 0 Å². The number of aromatic nitrogens is 1. The smallest absolute Gasteiger partial charge is 0.148 e. The molecule has 0 aromatic carbocycles. The molecule has 1 nitrogen and oxygen atoms in total. The molecule has 1 aromatic heterocycles. The number of hydrogen-bond donors (Lipinski definition) is 0. The second kappa shape index (κ2) is 3.46. The molecule has 0 radical (unpaired) electrons. The Morgan fingerprint density at radius 2 is 2.20 bits per heavy atom. The van der Waals surface area contributed by atoms with Crippen molar-refractivity contribution < 1.29 is 0 Å². The Bertz CT molecular complexity index is 239. The van der Waals surface area contributed by atoms with E-state index in [1.54, 1.807) is 18.0 Å². The molecular weight excluding hydrogens is 189 g/mol. The highest BCUT2D eigenvalue weighted by atomic mass is 35.5. The average molecular weight is 194 g/mol. The van der Waals surface area contributed by atoms with Gasteiger partial charge in [0.1, 0.15) is 5.15 Å². The molecule has 0 atom stereocenters. The van der Waals surface area contributed by atoms with E-state index in [0.717, 1.165) is 4.90 Å². The topological polar surface area (TPSA) is 12.9 Å². The van der Waals surface area contributed by atoms with Gasteiger partial charge in [-0.05, 0) is 12.3 Å². The number of halogens is 2. The molecule has 1 rings (SSSR count). The molecule has 0 fully saturated rings. The molecule has 0 unspecified atom stereocenters. The van der Waals surface area contributed by atoms with Crippen molar-refractivity contribution >= 4 is 35.0 Å². The Labute approximate surface area is 73.7 Å². The first kappa shape index (κ1) is 8.18. The van der Waals surface area contributed by atoms with Crippen molar-refractivity contribution in [2.24, 2.45) is 0 Å². The molecule has 0 N–H and O–H groups in total. The maximum absolute atomic E-state index is 5.78. The van der Waals surface area contributed by atoms with E-state index < -0.39 is 0 Å². The molecule has 0 saturated heterocycles. The van der Waals surface area contributed by atoms with Crippen molar-refractivity contribution in [3.8, 4) is 0 Å². The van der Waals surface area contributed by atoms with Gasteiger partial charge in [0.2, 0.25) is 0 Å². The highest BCUT2D eigenvalue weighted by molar-refractivity contribution is 7.98. The molecule has 1 heterocycles. The molecule has 0 spiro atoms. The molecule has 4 heteroatoms. The number of hydrogen-bond acceptors (Lipinski definition) is 2. The van der Waals surface area contributed by atoms with Gasteiger partial charge in [-0.1, -0.05) is 23.2 Å². The average Bonchev–Trinajstić information content (AvgIpc) is 1.95. The Hall–Kier alpha value is 0.0800. The lowest BCUT2D eigenvalue weighted by Crippen LogP contribution is -1.78. The van der Waals surface area contributed by atoms with Crippen LogP contribution in [-0.4, -0.2) is 11.2 Å². The van der Waals surface area contributed by atoms with Crippen LogP contribution in [0, 0.1) is 0 Å². The molecule has 1 aromatic rings. The van der Waals surface area contributed by atoms with Gasteiger partial charge in [0.05, 0.1) is 5.02 Å². The number of pyridine rings is 1. The zero-order valence-corrected chi connectivity index (χ0v) is 7.59. The summed E-state index contributed by atoms with van der Waals surface area (Å²) in [6.07, 6.45) is 3.58. The molecule has 0 aliphatic carbocycles. The van der Waals surface area contributed by atoms with Crippen LogP contribution in [-0.2, 0) is 0 Å². The third-order valence-corrected chi connectivity index (χ3v) is 2.69. The zero-order valence-electron chi connectivity index (χ0n) is 5.27. The van der Waals surface area contributed by atoms with Crippen molar-refractivity contribution in [2.75, 3.05) is 6.26 Å². The summed E-state index contributed by atoms with van der Waals surface area (Å²) < 4.78 is 0. The standard InChI is InChI=1S/C6H5Cl2NS/c1-10-4-2-3-9-6(8)5(4)7/h2-3H,1H3. The minimum Gasteiger partial charge on any atom is -0.243 e. The van der Waals surface area contributed by atoms with E-state index in [-0.39, 0.29) is 0 Å². The fourth-order valence-electron chi connectivity index (χ4n) is 0.560. The van der Waals surface area contributed by atoms with Crippen molar-refractivity contribution in [1.82, 2.24) is 4.98 Å². The van der Waals surface area contributed by atoms with E-state index in [4.69, 9.17) is 23.2 Å². The summed E-state index contributed by atoms with van der Waals surface area (Å²) in [5, 5.41) is 0.908. The zero-order chi connectivity index (χ0) is 7.56.